The molecule has 5 rings (SSSR count). The minimum atomic E-state index is -1.46. The van der Waals surface area contributed by atoms with Crippen LogP contribution in [0.2, 0.25) is 0 Å². The van der Waals surface area contributed by atoms with Gasteiger partial charge in [0, 0.05) is 6.42 Å². The van der Waals surface area contributed by atoms with Crippen molar-refractivity contribution in [1.29, 1.82) is 0 Å². The van der Waals surface area contributed by atoms with Crippen LogP contribution in [0.25, 0.3) is 0 Å². The number of benzene rings is 4. The van der Waals surface area contributed by atoms with Gasteiger partial charge >= 0.3 is 35.8 Å². The van der Waals surface area contributed by atoms with Crippen LogP contribution >= 0.6 is 0 Å². The molecule has 0 saturated carbocycles. The molecule has 4 aromatic rings. The maximum Gasteiger partial charge on any atom is 0.336 e. The van der Waals surface area contributed by atoms with Crippen LogP contribution in [-0.4, -0.2) is 56.2 Å². The lowest BCUT2D eigenvalue weighted by Crippen LogP contribution is -2.40. The second-order valence-electron chi connectivity index (χ2n) is 11.8. The summed E-state index contributed by atoms with van der Waals surface area (Å²) in [5.41, 5.74) is -2.21. The molecule has 0 bridgehead atoms. The first-order valence-electron chi connectivity index (χ1n) is 15.9. The van der Waals surface area contributed by atoms with Crippen LogP contribution in [0.3, 0.4) is 0 Å². The average Bonchev–Trinajstić information content (AvgIpc) is 3.13. The Labute approximate surface area is 290 Å². The van der Waals surface area contributed by atoms with E-state index in [-0.39, 0.29) is 35.8 Å². The zero-order valence-electron chi connectivity index (χ0n) is 27.0. The predicted molar refractivity (Wildman–Crippen MR) is 178 cm³/mol. The van der Waals surface area contributed by atoms with E-state index in [1.54, 1.807) is 48.5 Å². The maximum absolute atomic E-state index is 14.1. The van der Waals surface area contributed by atoms with Crippen molar-refractivity contribution in [3.8, 4) is 23.0 Å². The third-order valence-corrected chi connectivity index (χ3v) is 8.56. The van der Waals surface area contributed by atoms with Crippen molar-refractivity contribution < 1.29 is 63.4 Å². The Morgan fingerprint density at radius 2 is 0.902 bits per heavy atom. The highest BCUT2D eigenvalue weighted by molar-refractivity contribution is 6.03. The fraction of sp³-hybridized carbons (Fsp3) is 0.211. The molecule has 0 unspecified atom stereocenters. The summed E-state index contributed by atoms with van der Waals surface area (Å²) in [5.74, 6) is -6.44. The van der Waals surface area contributed by atoms with E-state index in [0.29, 0.717) is 24.0 Å². The first-order chi connectivity index (χ1) is 24.4. The second-order valence-corrected chi connectivity index (χ2v) is 11.8. The number of ether oxygens (including phenoxy) is 3. The molecule has 1 fully saturated rings. The Bertz CT molecular complexity index is 1870. The molecule has 0 aliphatic carbocycles. The van der Waals surface area contributed by atoms with E-state index in [0.717, 1.165) is 43.5 Å². The summed E-state index contributed by atoms with van der Waals surface area (Å²) < 4.78 is 17.1. The van der Waals surface area contributed by atoms with E-state index < -0.39 is 63.5 Å². The largest absolute Gasteiger partial charge is 0.478 e. The highest BCUT2D eigenvalue weighted by Crippen LogP contribution is 2.41. The second kappa shape index (κ2) is 15.4. The first kappa shape index (κ1) is 35.8. The molecule has 4 aromatic carbocycles. The highest BCUT2D eigenvalue weighted by Gasteiger charge is 2.44. The predicted octanol–water partition coefficient (Wildman–Crippen LogP) is 7.16. The lowest BCUT2D eigenvalue weighted by Gasteiger charge is -2.32. The lowest BCUT2D eigenvalue weighted by atomic mass is 9.71. The summed E-state index contributed by atoms with van der Waals surface area (Å²) in [5, 5.41) is 37.6. The van der Waals surface area contributed by atoms with Gasteiger partial charge in [0.15, 0.2) is 0 Å². The molecule has 13 heteroatoms. The van der Waals surface area contributed by atoms with Gasteiger partial charge in [-0.2, -0.15) is 0 Å². The summed E-state index contributed by atoms with van der Waals surface area (Å²) in [6.07, 6.45) is 4.02. The molecule has 1 heterocycles. The van der Waals surface area contributed by atoms with Crippen molar-refractivity contribution >= 4 is 35.8 Å². The van der Waals surface area contributed by atoms with Crippen LogP contribution < -0.4 is 9.47 Å². The van der Waals surface area contributed by atoms with Crippen LogP contribution in [0.1, 0.15) is 97.5 Å². The Kier molecular flexibility index (Phi) is 10.8. The fourth-order valence-electron chi connectivity index (χ4n) is 6.01. The number of hydrogen-bond acceptors (Lipinski definition) is 9. The van der Waals surface area contributed by atoms with Gasteiger partial charge in [0.2, 0.25) is 0 Å². The van der Waals surface area contributed by atoms with Crippen LogP contribution in [0.4, 0.5) is 0 Å². The van der Waals surface area contributed by atoms with Gasteiger partial charge in [-0.15, -0.1) is 0 Å². The summed E-state index contributed by atoms with van der Waals surface area (Å²) in [7, 11) is 0. The molecular weight excluding hydrogens is 664 g/mol. The van der Waals surface area contributed by atoms with Gasteiger partial charge in [0.05, 0.1) is 22.3 Å². The molecule has 1 aliphatic rings. The molecule has 51 heavy (non-hydrogen) atoms. The lowest BCUT2D eigenvalue weighted by molar-refractivity contribution is -0.163. The number of cyclic esters (lactones) is 2. The Hall–Kier alpha value is -6.50. The maximum atomic E-state index is 14.1. The van der Waals surface area contributed by atoms with Crippen LogP contribution in [0, 0.1) is 0 Å². The van der Waals surface area contributed by atoms with Crippen molar-refractivity contribution in [2.45, 2.75) is 50.4 Å². The number of rotatable bonds is 10. The van der Waals surface area contributed by atoms with Crippen molar-refractivity contribution in [3.63, 3.8) is 0 Å². The normalized spacial score (nSPS) is 14.7. The molecule has 262 valence electrons. The minimum Gasteiger partial charge on any atom is -0.478 e. The standard InChI is InChI=1S/C38H32O13/c39-32-6-4-2-1-3-5-19-38(37(48)51-32,22-7-11-24(12-8-22)49-26-15-17-28(33(40)41)30(20-26)35(44)45)23-9-13-25(14-10-23)50-27-16-18-29(34(42)43)31(21-27)36(46)47/h7-18,20-21H,1-6,19H2,(H,40,41)(H,42,43)(H,44,45)(H,46,47). The van der Waals surface area contributed by atoms with E-state index in [9.17, 15) is 49.2 Å². The Morgan fingerprint density at radius 3 is 1.33 bits per heavy atom. The summed E-state index contributed by atoms with van der Waals surface area (Å²) in [6, 6.07) is 19.9. The molecule has 4 N–H and O–H groups in total. The molecule has 0 atom stereocenters. The molecule has 1 aliphatic heterocycles. The number of carbonyl (C=O) groups excluding carboxylic acids is 2. The molecule has 0 radical (unpaired) electrons. The van der Waals surface area contributed by atoms with Gasteiger partial charge in [-0.3, -0.25) is 9.59 Å². The fourth-order valence-corrected chi connectivity index (χ4v) is 6.01. The number of hydrogen-bond donors (Lipinski definition) is 4. The third kappa shape index (κ3) is 8.05. The van der Waals surface area contributed by atoms with E-state index in [1.807, 2.05) is 0 Å². The highest BCUT2D eigenvalue weighted by atomic mass is 16.6. The van der Waals surface area contributed by atoms with E-state index in [4.69, 9.17) is 14.2 Å². The van der Waals surface area contributed by atoms with Crippen LogP contribution in [0.5, 0.6) is 23.0 Å². The zero-order valence-corrected chi connectivity index (χ0v) is 27.0. The monoisotopic (exact) mass is 696 g/mol. The molecule has 1 saturated heterocycles. The molecule has 0 amide bonds. The third-order valence-electron chi connectivity index (χ3n) is 8.56. The van der Waals surface area contributed by atoms with Gasteiger partial charge in [-0.25, -0.2) is 19.2 Å². The molecule has 13 nitrogen and oxygen atoms in total. The topological polar surface area (TPSA) is 211 Å². The summed E-state index contributed by atoms with van der Waals surface area (Å²) >= 11 is 0. The molecule has 0 spiro atoms. The SMILES string of the molecule is O=C1CCCCCCCC(c2ccc(Oc3ccc(C(=O)O)c(C(=O)O)c3)cc2)(c2ccc(Oc3ccc(C(=O)O)c(C(=O)O)c3)cc2)C(=O)O1. The van der Waals surface area contributed by atoms with Gasteiger partial charge in [-0.05, 0) is 84.6 Å². The number of aromatic carboxylic acids is 4. The van der Waals surface area contributed by atoms with Crippen molar-refractivity contribution in [3.05, 3.63) is 118 Å². The first-order valence-corrected chi connectivity index (χ1v) is 15.9. The average molecular weight is 697 g/mol. The van der Waals surface area contributed by atoms with Crippen LogP contribution in [0.15, 0.2) is 84.9 Å². The van der Waals surface area contributed by atoms with Gasteiger partial charge < -0.3 is 34.6 Å². The van der Waals surface area contributed by atoms with Gasteiger partial charge in [0.1, 0.15) is 28.4 Å². The quantitative estimate of drug-likeness (QED) is 0.0958. The number of carboxylic acids is 4. The van der Waals surface area contributed by atoms with Gasteiger partial charge in [-0.1, -0.05) is 49.9 Å². The van der Waals surface area contributed by atoms with Crippen LogP contribution in [-0.2, 0) is 19.7 Å². The number of carbonyl (C=O) groups is 6. The van der Waals surface area contributed by atoms with E-state index in [2.05, 4.69) is 0 Å². The number of esters is 2. The molecular formula is C38H32O13. The van der Waals surface area contributed by atoms with Crippen molar-refractivity contribution in [2.24, 2.45) is 0 Å². The summed E-state index contributed by atoms with van der Waals surface area (Å²) in [4.78, 5) is 73.0. The summed E-state index contributed by atoms with van der Waals surface area (Å²) in [6.45, 7) is 0. The Balaban J connectivity index is 1.51. The molecule has 0 aromatic heterocycles. The van der Waals surface area contributed by atoms with Crippen molar-refractivity contribution in [1.82, 2.24) is 0 Å². The minimum absolute atomic E-state index is 0.0727. The smallest absolute Gasteiger partial charge is 0.336 e. The van der Waals surface area contributed by atoms with Crippen molar-refractivity contribution in [2.75, 3.05) is 0 Å². The number of carboxylic acid groups (broad SMARTS) is 4. The van der Waals surface area contributed by atoms with Gasteiger partial charge in [0.25, 0.3) is 0 Å². The zero-order chi connectivity index (χ0) is 36.7. The Morgan fingerprint density at radius 1 is 0.510 bits per heavy atom. The van der Waals surface area contributed by atoms with E-state index in [1.165, 1.54) is 12.1 Å². The van der Waals surface area contributed by atoms with E-state index >= 15 is 0 Å².